The van der Waals surface area contributed by atoms with E-state index >= 15 is 0 Å². The van der Waals surface area contributed by atoms with E-state index in [4.69, 9.17) is 0 Å². The monoisotopic (exact) mass is 948 g/mol. The van der Waals surface area contributed by atoms with Gasteiger partial charge in [-0.3, -0.25) is 0 Å². The van der Waals surface area contributed by atoms with Gasteiger partial charge < -0.3 is 14.7 Å². The molecule has 0 fully saturated rings. The molecule has 9 aromatic carbocycles. The summed E-state index contributed by atoms with van der Waals surface area (Å²) in [4.78, 5) is 7.56. The van der Waals surface area contributed by atoms with Crippen molar-refractivity contribution in [2.75, 3.05) is 14.7 Å². The minimum absolute atomic E-state index is 0.0174. The van der Waals surface area contributed by atoms with Crippen LogP contribution < -0.4 is 31.1 Å². The summed E-state index contributed by atoms with van der Waals surface area (Å²) in [5, 5.41) is 0. The lowest BCUT2D eigenvalue weighted by atomic mass is 9.33. The van der Waals surface area contributed by atoms with Crippen molar-refractivity contribution in [2.24, 2.45) is 0 Å². The van der Waals surface area contributed by atoms with E-state index in [1.165, 1.54) is 89.2 Å². The van der Waals surface area contributed by atoms with Gasteiger partial charge in [0.15, 0.2) is 0 Å². The number of hydrogen-bond acceptors (Lipinski definition) is 3. The molecular weight excluding hydrogens is 882 g/mol. The van der Waals surface area contributed by atoms with Gasteiger partial charge in [0.1, 0.15) is 0 Å². The molecule has 2 aliphatic heterocycles. The normalized spacial score (nSPS) is 14.3. The number of anilines is 9. The van der Waals surface area contributed by atoms with Crippen LogP contribution >= 0.6 is 0 Å². The van der Waals surface area contributed by atoms with Crippen LogP contribution in [0.5, 0.6) is 0 Å². The van der Waals surface area contributed by atoms with Gasteiger partial charge in [-0.1, -0.05) is 197 Å². The molecule has 0 atom stereocenters. The largest absolute Gasteiger partial charge is 0.311 e. The van der Waals surface area contributed by atoms with Crippen molar-refractivity contribution in [3.63, 3.8) is 0 Å². The van der Waals surface area contributed by atoms with Gasteiger partial charge in [-0.05, 0) is 162 Å². The van der Waals surface area contributed by atoms with E-state index in [0.717, 1.165) is 28.4 Å². The van der Waals surface area contributed by atoms with Gasteiger partial charge in [0, 0.05) is 50.9 Å². The van der Waals surface area contributed by atoms with Gasteiger partial charge in [-0.15, -0.1) is 0 Å². The van der Waals surface area contributed by atoms with Crippen molar-refractivity contribution in [1.82, 2.24) is 0 Å². The molecular formula is C69H66BN3. The van der Waals surface area contributed by atoms with Gasteiger partial charge >= 0.3 is 0 Å². The van der Waals surface area contributed by atoms with Crippen molar-refractivity contribution < 1.29 is 0 Å². The second kappa shape index (κ2) is 16.8. The third kappa shape index (κ3) is 7.72. The van der Waals surface area contributed by atoms with Gasteiger partial charge in [0.25, 0.3) is 6.71 Å². The lowest BCUT2D eigenvalue weighted by Crippen LogP contribution is -2.61. The van der Waals surface area contributed by atoms with Crippen molar-refractivity contribution in [3.05, 3.63) is 228 Å². The number of nitrogens with zero attached hydrogens (tertiary/aromatic N) is 3. The standard InChI is InChI=1S/C69H66BN3/c1-66(2,3)47-29-35-53(36-30-47)73-62-39-32-49(68(7,8)9)42-60(62)70-59-41-48(67(4,5)6)31-38-61(59)72(63-43-54(44-64(73)65(63)70)71(50-20-14-12-15-21-50)51-22-16-13-17-23-51)52-33-26-45(27-34-52)46-28-37-56-55-24-18-19-25-57(55)69(10,11)58(56)40-46/h12-44H,1-11H3. The summed E-state index contributed by atoms with van der Waals surface area (Å²) in [5.41, 5.74) is 26.1. The Morgan fingerprint density at radius 3 is 1.32 bits per heavy atom. The summed E-state index contributed by atoms with van der Waals surface area (Å²) in [6, 6.07) is 76.0. The number of benzene rings is 9. The van der Waals surface area contributed by atoms with Gasteiger partial charge in [-0.2, -0.15) is 0 Å². The summed E-state index contributed by atoms with van der Waals surface area (Å²) >= 11 is 0. The molecule has 3 aliphatic rings. The molecule has 73 heavy (non-hydrogen) atoms. The molecule has 0 spiro atoms. The van der Waals surface area contributed by atoms with E-state index in [9.17, 15) is 0 Å². The molecule has 12 rings (SSSR count). The van der Waals surface area contributed by atoms with E-state index in [-0.39, 0.29) is 28.4 Å². The fraction of sp³-hybridized carbons (Fsp3) is 0.217. The van der Waals surface area contributed by atoms with Crippen LogP contribution in [-0.2, 0) is 21.7 Å². The molecule has 9 aromatic rings. The lowest BCUT2D eigenvalue weighted by Gasteiger charge is -2.45. The highest BCUT2D eigenvalue weighted by Gasteiger charge is 2.45. The molecule has 0 aromatic heterocycles. The van der Waals surface area contributed by atoms with E-state index in [1.54, 1.807) is 0 Å². The van der Waals surface area contributed by atoms with Crippen LogP contribution in [0.1, 0.15) is 104 Å². The first-order valence-corrected chi connectivity index (χ1v) is 26.3. The highest BCUT2D eigenvalue weighted by Crippen LogP contribution is 2.51. The van der Waals surface area contributed by atoms with Crippen LogP contribution in [0.25, 0.3) is 22.3 Å². The number of para-hydroxylation sites is 2. The minimum Gasteiger partial charge on any atom is -0.311 e. The fourth-order valence-corrected chi connectivity index (χ4v) is 12.0. The molecule has 0 radical (unpaired) electrons. The lowest BCUT2D eigenvalue weighted by molar-refractivity contribution is 0.590. The Hall–Kier alpha value is -7.56. The first-order chi connectivity index (χ1) is 34.9. The van der Waals surface area contributed by atoms with E-state index in [2.05, 4.69) is 291 Å². The predicted octanol–water partition coefficient (Wildman–Crippen LogP) is 17.1. The smallest absolute Gasteiger partial charge is 0.252 e. The molecule has 1 aliphatic carbocycles. The van der Waals surface area contributed by atoms with Gasteiger partial charge in [-0.25, -0.2) is 0 Å². The van der Waals surface area contributed by atoms with E-state index < -0.39 is 0 Å². The molecule has 0 amide bonds. The van der Waals surface area contributed by atoms with Crippen LogP contribution in [-0.4, -0.2) is 6.71 Å². The Balaban J connectivity index is 1.13. The molecule has 0 bridgehead atoms. The molecule has 0 N–H and O–H groups in total. The highest BCUT2D eigenvalue weighted by molar-refractivity contribution is 7.00. The maximum atomic E-state index is 2.57. The molecule has 0 saturated heterocycles. The van der Waals surface area contributed by atoms with Crippen molar-refractivity contribution in [2.45, 2.75) is 97.8 Å². The molecule has 4 heteroatoms. The summed E-state index contributed by atoms with van der Waals surface area (Å²) in [5.74, 6) is 0. The third-order valence-corrected chi connectivity index (χ3v) is 16.1. The molecule has 360 valence electrons. The maximum absolute atomic E-state index is 2.57. The van der Waals surface area contributed by atoms with Crippen LogP contribution in [0.3, 0.4) is 0 Å². The minimum atomic E-state index is -0.0753. The summed E-state index contributed by atoms with van der Waals surface area (Å²) in [6.07, 6.45) is 0. The second-order valence-electron chi connectivity index (χ2n) is 24.3. The van der Waals surface area contributed by atoms with Crippen LogP contribution in [0.15, 0.2) is 200 Å². The number of fused-ring (bicyclic) bond motifs is 7. The average molecular weight is 948 g/mol. The highest BCUT2D eigenvalue weighted by atomic mass is 15.2. The first kappa shape index (κ1) is 46.5. The summed E-state index contributed by atoms with van der Waals surface area (Å²) in [7, 11) is 0. The topological polar surface area (TPSA) is 9.72 Å². The zero-order valence-electron chi connectivity index (χ0n) is 44.5. The SMILES string of the molecule is CC(C)(C)c1ccc(N2c3ccc(C(C)(C)C)cc3B3c4cc(C(C)(C)C)ccc4N(c4ccc(-c5ccc6c(c5)C(C)(C)c5ccccc5-6)cc4)c4cc(N(c5ccccc5)c5ccccc5)cc2c43)cc1. The third-order valence-electron chi connectivity index (χ3n) is 16.1. The fourth-order valence-electron chi connectivity index (χ4n) is 12.0. The molecule has 0 unspecified atom stereocenters. The zero-order valence-corrected chi connectivity index (χ0v) is 44.5. The van der Waals surface area contributed by atoms with Crippen molar-refractivity contribution in [3.8, 4) is 22.3 Å². The Bertz CT molecular complexity index is 3550. The number of rotatable bonds is 6. The maximum Gasteiger partial charge on any atom is 0.252 e. The van der Waals surface area contributed by atoms with Crippen molar-refractivity contribution in [1.29, 1.82) is 0 Å². The molecule has 3 nitrogen and oxygen atoms in total. The van der Waals surface area contributed by atoms with Crippen LogP contribution in [0, 0.1) is 0 Å². The first-order valence-electron chi connectivity index (χ1n) is 26.3. The van der Waals surface area contributed by atoms with Gasteiger partial charge in [0.05, 0.1) is 5.69 Å². The Labute approximate surface area is 434 Å². The molecule has 2 heterocycles. The zero-order chi connectivity index (χ0) is 50.8. The van der Waals surface area contributed by atoms with Gasteiger partial charge in [0.2, 0.25) is 0 Å². The summed E-state index contributed by atoms with van der Waals surface area (Å²) < 4.78 is 0. The Morgan fingerprint density at radius 2 is 0.808 bits per heavy atom. The van der Waals surface area contributed by atoms with Crippen LogP contribution in [0.4, 0.5) is 51.2 Å². The summed E-state index contributed by atoms with van der Waals surface area (Å²) in [6.45, 7) is 25.7. The van der Waals surface area contributed by atoms with Crippen molar-refractivity contribution >= 4 is 74.3 Å². The second-order valence-corrected chi connectivity index (χ2v) is 24.3. The van der Waals surface area contributed by atoms with E-state index in [1.807, 2.05) is 0 Å². The van der Waals surface area contributed by atoms with E-state index in [0.29, 0.717) is 0 Å². The number of hydrogen-bond donors (Lipinski definition) is 0. The Morgan fingerprint density at radius 1 is 0.370 bits per heavy atom. The van der Waals surface area contributed by atoms with Crippen LogP contribution in [0.2, 0.25) is 0 Å². The molecule has 0 saturated carbocycles. The Kier molecular flexibility index (Phi) is 10.7. The predicted molar refractivity (Wildman–Crippen MR) is 314 cm³/mol. The quantitative estimate of drug-likeness (QED) is 0.154. The average Bonchev–Trinajstić information content (AvgIpc) is 3.61.